The first-order valence-electron chi connectivity index (χ1n) is 12.2. The molecule has 0 aliphatic carbocycles. The molecular weight excluding hydrogens is 449 g/mol. The van der Waals surface area contributed by atoms with Crippen LogP contribution >= 0.6 is 0 Å². The number of halogens is 3. The highest BCUT2D eigenvalue weighted by molar-refractivity contribution is 5.71. The van der Waals surface area contributed by atoms with Gasteiger partial charge in [0.1, 0.15) is 5.82 Å². The van der Waals surface area contributed by atoms with Crippen LogP contribution in [0.25, 0.3) is 22.3 Å². The second-order valence-electron chi connectivity index (χ2n) is 8.98. The molecule has 1 fully saturated rings. The van der Waals surface area contributed by atoms with Crippen molar-refractivity contribution in [2.75, 3.05) is 13.2 Å². The van der Waals surface area contributed by atoms with Gasteiger partial charge in [0.25, 0.3) is 0 Å². The second kappa shape index (κ2) is 11.7. The van der Waals surface area contributed by atoms with Crippen molar-refractivity contribution in [2.45, 2.75) is 45.8 Å². The highest BCUT2D eigenvalue weighted by atomic mass is 19.2. The number of hydrogen-bond donors (Lipinski definition) is 0. The van der Waals surface area contributed by atoms with Crippen LogP contribution in [0.1, 0.15) is 50.5 Å². The van der Waals surface area contributed by atoms with Gasteiger partial charge in [0, 0.05) is 22.6 Å². The van der Waals surface area contributed by atoms with Crippen LogP contribution in [0.5, 0.6) is 0 Å². The fourth-order valence-electron chi connectivity index (χ4n) is 4.42. The lowest BCUT2D eigenvalue weighted by atomic mass is 9.97. The van der Waals surface area contributed by atoms with Gasteiger partial charge in [-0.15, -0.1) is 0 Å². The van der Waals surface area contributed by atoms with E-state index >= 15 is 4.39 Å². The van der Waals surface area contributed by atoms with Gasteiger partial charge in [0.2, 0.25) is 0 Å². The summed E-state index contributed by atoms with van der Waals surface area (Å²) in [6, 6.07) is 15.0. The molecule has 0 N–H and O–H groups in total. The molecule has 0 atom stereocenters. The summed E-state index contributed by atoms with van der Waals surface area (Å²) < 4.78 is 55.7. The Balaban J connectivity index is 1.46. The van der Waals surface area contributed by atoms with Crippen molar-refractivity contribution in [2.24, 2.45) is 5.92 Å². The Kier molecular flexibility index (Phi) is 8.42. The molecule has 1 aliphatic rings. The van der Waals surface area contributed by atoms with E-state index in [0.29, 0.717) is 53.4 Å². The predicted octanol–water partition coefficient (Wildman–Crippen LogP) is 8.41. The van der Waals surface area contributed by atoms with Crippen molar-refractivity contribution in [3.8, 4) is 22.3 Å². The van der Waals surface area contributed by atoms with E-state index in [1.54, 1.807) is 48.5 Å². The molecule has 1 heterocycles. The molecule has 0 saturated carbocycles. The third-order valence-electron chi connectivity index (χ3n) is 6.40. The smallest absolute Gasteiger partial charge is 0.183 e. The fraction of sp³-hybridized carbons (Fsp3) is 0.333. The molecule has 184 valence electrons. The first-order chi connectivity index (χ1) is 17.0. The van der Waals surface area contributed by atoms with Crippen molar-refractivity contribution in [3.63, 3.8) is 0 Å². The van der Waals surface area contributed by atoms with Gasteiger partial charge in [-0.2, -0.15) is 0 Å². The van der Waals surface area contributed by atoms with E-state index in [-0.39, 0.29) is 5.56 Å². The SMILES string of the molecule is CC=CCCC1COC(c2ccc(-c3ccc(-c4ccc(CCC)c(F)c4F)cc3)c(F)c2)OC1. The van der Waals surface area contributed by atoms with Crippen molar-refractivity contribution in [1.82, 2.24) is 0 Å². The quantitative estimate of drug-likeness (QED) is 0.301. The van der Waals surface area contributed by atoms with E-state index in [2.05, 4.69) is 6.08 Å². The van der Waals surface area contributed by atoms with E-state index in [1.807, 2.05) is 19.9 Å². The summed E-state index contributed by atoms with van der Waals surface area (Å²) in [6.07, 6.45) is 6.81. The molecule has 0 unspecified atom stereocenters. The Morgan fingerprint density at radius 1 is 0.857 bits per heavy atom. The number of aryl methyl sites for hydroxylation is 1. The monoisotopic (exact) mass is 480 g/mol. The Labute approximate surface area is 205 Å². The average molecular weight is 481 g/mol. The van der Waals surface area contributed by atoms with Gasteiger partial charge >= 0.3 is 0 Å². The highest BCUT2D eigenvalue weighted by Crippen LogP contribution is 2.33. The minimum absolute atomic E-state index is 0.195. The lowest BCUT2D eigenvalue weighted by molar-refractivity contribution is -0.205. The molecule has 1 aliphatic heterocycles. The summed E-state index contributed by atoms with van der Waals surface area (Å²) in [5.74, 6) is -1.70. The predicted molar refractivity (Wildman–Crippen MR) is 133 cm³/mol. The fourth-order valence-corrected chi connectivity index (χ4v) is 4.42. The molecule has 3 aromatic carbocycles. The van der Waals surface area contributed by atoms with Crippen molar-refractivity contribution < 1.29 is 22.6 Å². The maximum atomic E-state index is 15.0. The topological polar surface area (TPSA) is 18.5 Å². The minimum Gasteiger partial charge on any atom is -0.348 e. The normalized spacial score (nSPS) is 18.3. The third-order valence-corrected chi connectivity index (χ3v) is 6.40. The third kappa shape index (κ3) is 5.85. The standard InChI is InChI=1S/C30H31F3O2/c1-3-5-6-8-20-18-34-30(35-19-20)24-14-15-25(27(31)17-24)21-9-11-22(12-10-21)26-16-13-23(7-4-2)28(32)29(26)33/h3,5,9-17,20,30H,4,6-8,18-19H2,1-2H3. The van der Waals surface area contributed by atoms with Gasteiger partial charge in [-0.1, -0.05) is 74.0 Å². The van der Waals surface area contributed by atoms with Crippen LogP contribution in [0.4, 0.5) is 13.2 Å². The molecule has 2 nitrogen and oxygen atoms in total. The Morgan fingerprint density at radius 3 is 2.14 bits per heavy atom. The summed E-state index contributed by atoms with van der Waals surface area (Å²) in [4.78, 5) is 0. The molecular formula is C30H31F3O2. The van der Waals surface area contributed by atoms with Crippen LogP contribution in [0.15, 0.2) is 66.7 Å². The Morgan fingerprint density at radius 2 is 1.51 bits per heavy atom. The van der Waals surface area contributed by atoms with Gasteiger partial charge < -0.3 is 9.47 Å². The summed E-state index contributed by atoms with van der Waals surface area (Å²) >= 11 is 0. The number of ether oxygens (including phenoxy) is 2. The van der Waals surface area contributed by atoms with Crippen LogP contribution < -0.4 is 0 Å². The van der Waals surface area contributed by atoms with Gasteiger partial charge in [-0.05, 0) is 48.9 Å². The lowest BCUT2D eigenvalue weighted by Gasteiger charge is -2.29. The molecule has 0 amide bonds. The molecule has 4 rings (SSSR count). The van der Waals surface area contributed by atoms with Crippen LogP contribution in [0.3, 0.4) is 0 Å². The van der Waals surface area contributed by atoms with Crippen molar-refractivity contribution in [1.29, 1.82) is 0 Å². The molecule has 5 heteroatoms. The Hall–Kier alpha value is -2.89. The molecule has 35 heavy (non-hydrogen) atoms. The number of rotatable bonds is 8. The maximum Gasteiger partial charge on any atom is 0.183 e. The van der Waals surface area contributed by atoms with E-state index in [4.69, 9.17) is 9.47 Å². The van der Waals surface area contributed by atoms with Crippen molar-refractivity contribution >= 4 is 0 Å². The van der Waals surface area contributed by atoms with Crippen LogP contribution in [0.2, 0.25) is 0 Å². The zero-order valence-corrected chi connectivity index (χ0v) is 20.2. The maximum absolute atomic E-state index is 15.0. The minimum atomic E-state index is -0.851. The van der Waals surface area contributed by atoms with Gasteiger partial charge in [0.15, 0.2) is 17.9 Å². The highest BCUT2D eigenvalue weighted by Gasteiger charge is 2.24. The van der Waals surface area contributed by atoms with E-state index < -0.39 is 23.7 Å². The first kappa shape index (κ1) is 25.2. The largest absolute Gasteiger partial charge is 0.348 e. The van der Waals surface area contributed by atoms with Crippen LogP contribution in [-0.4, -0.2) is 13.2 Å². The molecule has 3 aromatic rings. The number of benzene rings is 3. The van der Waals surface area contributed by atoms with E-state index in [9.17, 15) is 8.78 Å². The second-order valence-corrected chi connectivity index (χ2v) is 8.98. The van der Waals surface area contributed by atoms with Gasteiger partial charge in [-0.25, -0.2) is 13.2 Å². The Bertz CT molecular complexity index is 1160. The van der Waals surface area contributed by atoms with Crippen LogP contribution in [-0.2, 0) is 15.9 Å². The molecule has 0 spiro atoms. The average Bonchev–Trinajstić information content (AvgIpc) is 2.88. The summed E-state index contributed by atoms with van der Waals surface area (Å²) in [6.45, 7) is 5.10. The van der Waals surface area contributed by atoms with Gasteiger partial charge in [0.05, 0.1) is 13.2 Å². The van der Waals surface area contributed by atoms with E-state index in [0.717, 1.165) is 19.3 Å². The van der Waals surface area contributed by atoms with Crippen molar-refractivity contribution in [3.05, 3.63) is 95.3 Å². The zero-order chi connectivity index (χ0) is 24.8. The summed E-state index contributed by atoms with van der Waals surface area (Å²) in [7, 11) is 0. The van der Waals surface area contributed by atoms with Crippen LogP contribution in [0, 0.1) is 23.4 Å². The van der Waals surface area contributed by atoms with Gasteiger partial charge in [-0.3, -0.25) is 0 Å². The molecule has 0 radical (unpaired) electrons. The first-order valence-corrected chi connectivity index (χ1v) is 12.2. The lowest BCUT2D eigenvalue weighted by Crippen LogP contribution is -2.27. The molecule has 0 aromatic heterocycles. The number of allylic oxidation sites excluding steroid dienone is 2. The summed E-state index contributed by atoms with van der Waals surface area (Å²) in [5, 5.41) is 0. The summed E-state index contributed by atoms with van der Waals surface area (Å²) in [5.41, 5.74) is 2.82. The molecule has 1 saturated heterocycles. The van der Waals surface area contributed by atoms with E-state index in [1.165, 1.54) is 6.07 Å². The molecule has 0 bridgehead atoms. The zero-order valence-electron chi connectivity index (χ0n) is 20.2. The number of hydrogen-bond acceptors (Lipinski definition) is 2.